The summed E-state index contributed by atoms with van der Waals surface area (Å²) in [6, 6.07) is 8.63. The van der Waals surface area contributed by atoms with Gasteiger partial charge in [0.05, 0.1) is 30.2 Å². The molecule has 0 aromatic heterocycles. The number of para-hydroxylation sites is 1. The van der Waals surface area contributed by atoms with Crippen LogP contribution in [-0.4, -0.2) is 24.4 Å². The van der Waals surface area contributed by atoms with Crippen LogP contribution >= 0.6 is 15.9 Å². The molecule has 0 radical (unpaired) electrons. The van der Waals surface area contributed by atoms with Gasteiger partial charge in [-0.1, -0.05) is 12.1 Å². The van der Waals surface area contributed by atoms with Gasteiger partial charge in [0.15, 0.2) is 5.41 Å². The Morgan fingerprint density at radius 2 is 1.95 bits per heavy atom. The van der Waals surface area contributed by atoms with Crippen LogP contribution in [0.4, 0.5) is 5.69 Å². The summed E-state index contributed by atoms with van der Waals surface area (Å²) in [6.45, 7) is 1.70. The fraction of sp³-hybridized carbons (Fsp3) is 0.333. The molecule has 1 aliphatic heterocycles. The van der Waals surface area contributed by atoms with Crippen molar-refractivity contribution in [1.29, 1.82) is 5.26 Å². The molecular formula is C15H11BrN2O4. The Balaban J connectivity index is 1.96. The van der Waals surface area contributed by atoms with E-state index in [-0.39, 0.29) is 6.61 Å². The molecule has 0 N–H and O–H groups in total. The molecular weight excluding hydrogens is 352 g/mol. The number of carbonyl (C=O) groups is 3. The Morgan fingerprint density at radius 3 is 2.45 bits per heavy atom. The van der Waals surface area contributed by atoms with Crippen molar-refractivity contribution < 1.29 is 19.1 Å². The van der Waals surface area contributed by atoms with Gasteiger partial charge in [0.1, 0.15) is 0 Å². The lowest BCUT2D eigenvalue weighted by atomic mass is 10.0. The SMILES string of the molecule is CCOC(=O)C1(C#N)[C@@H]2C(=O)N(c3ccccc3Br)C(=O)[C@@H]21. The number of imide groups is 1. The first-order chi connectivity index (χ1) is 10.5. The van der Waals surface area contributed by atoms with Crippen molar-refractivity contribution in [2.24, 2.45) is 17.3 Å². The summed E-state index contributed by atoms with van der Waals surface area (Å²) in [5.74, 6) is -3.75. The van der Waals surface area contributed by atoms with Crippen LogP contribution in [0.15, 0.2) is 28.7 Å². The average molecular weight is 363 g/mol. The monoisotopic (exact) mass is 362 g/mol. The summed E-state index contributed by atoms with van der Waals surface area (Å²) in [5.41, 5.74) is -1.23. The third kappa shape index (κ3) is 1.67. The third-order valence-electron chi connectivity index (χ3n) is 4.07. The second-order valence-electron chi connectivity index (χ2n) is 5.12. The van der Waals surface area contributed by atoms with E-state index in [1.165, 1.54) is 0 Å². The van der Waals surface area contributed by atoms with Gasteiger partial charge in [-0.3, -0.25) is 14.4 Å². The molecule has 2 aliphatic rings. The van der Waals surface area contributed by atoms with Gasteiger partial charge in [0.2, 0.25) is 11.8 Å². The Bertz CT molecular complexity index is 717. The number of rotatable bonds is 3. The van der Waals surface area contributed by atoms with Crippen molar-refractivity contribution >= 4 is 39.4 Å². The first kappa shape index (κ1) is 14.7. The van der Waals surface area contributed by atoms with Gasteiger partial charge < -0.3 is 4.74 Å². The van der Waals surface area contributed by atoms with E-state index in [9.17, 15) is 19.6 Å². The number of hydrogen-bond acceptors (Lipinski definition) is 5. The third-order valence-corrected chi connectivity index (χ3v) is 4.74. The Labute approximate surface area is 134 Å². The minimum atomic E-state index is -1.65. The van der Waals surface area contributed by atoms with E-state index in [0.717, 1.165) is 4.90 Å². The van der Waals surface area contributed by atoms with E-state index in [0.29, 0.717) is 10.2 Å². The number of anilines is 1. The van der Waals surface area contributed by atoms with Crippen molar-refractivity contribution in [2.45, 2.75) is 6.92 Å². The molecule has 1 aliphatic carbocycles. The van der Waals surface area contributed by atoms with Crippen molar-refractivity contribution in [2.75, 3.05) is 11.5 Å². The molecule has 6 nitrogen and oxygen atoms in total. The standard InChI is InChI=1S/C15H11BrN2O4/c1-2-22-14(21)15(7-17)10-11(15)13(20)18(12(10)19)9-6-4-3-5-8(9)16/h3-6,10-11H,2H2,1H3/t10-,11+,15?. The highest BCUT2D eigenvalue weighted by atomic mass is 79.9. The molecule has 1 heterocycles. The molecule has 3 rings (SSSR count). The zero-order chi connectivity index (χ0) is 16.1. The van der Waals surface area contributed by atoms with E-state index in [4.69, 9.17) is 4.74 Å². The molecule has 1 aromatic carbocycles. The molecule has 0 spiro atoms. The zero-order valence-corrected chi connectivity index (χ0v) is 13.2. The van der Waals surface area contributed by atoms with Gasteiger partial charge in [-0.2, -0.15) is 5.26 Å². The van der Waals surface area contributed by atoms with Crippen LogP contribution < -0.4 is 4.90 Å². The summed E-state index contributed by atoms with van der Waals surface area (Å²) in [6.07, 6.45) is 0. The van der Waals surface area contributed by atoms with Crippen molar-refractivity contribution in [3.05, 3.63) is 28.7 Å². The van der Waals surface area contributed by atoms with Crippen molar-refractivity contribution in [3.8, 4) is 6.07 Å². The van der Waals surface area contributed by atoms with Crippen molar-refractivity contribution in [3.63, 3.8) is 0 Å². The van der Waals surface area contributed by atoms with Gasteiger partial charge in [-0.25, -0.2) is 4.90 Å². The number of fused-ring (bicyclic) bond motifs is 1. The van der Waals surface area contributed by atoms with E-state index in [2.05, 4.69) is 15.9 Å². The van der Waals surface area contributed by atoms with Crippen LogP contribution in [0.5, 0.6) is 0 Å². The van der Waals surface area contributed by atoms with Gasteiger partial charge in [0, 0.05) is 4.47 Å². The molecule has 22 heavy (non-hydrogen) atoms. The van der Waals surface area contributed by atoms with Gasteiger partial charge in [-0.15, -0.1) is 0 Å². The summed E-state index contributed by atoms with van der Waals surface area (Å²) >= 11 is 3.29. The van der Waals surface area contributed by atoms with E-state index >= 15 is 0 Å². The number of ether oxygens (including phenoxy) is 1. The van der Waals surface area contributed by atoms with Crippen LogP contribution in [0, 0.1) is 28.6 Å². The Morgan fingerprint density at radius 1 is 1.36 bits per heavy atom. The maximum Gasteiger partial charge on any atom is 0.328 e. The van der Waals surface area contributed by atoms with Crippen LogP contribution in [-0.2, 0) is 19.1 Å². The lowest BCUT2D eigenvalue weighted by Crippen LogP contribution is -2.40. The quantitative estimate of drug-likeness (QED) is 0.602. The predicted molar refractivity (Wildman–Crippen MR) is 78.3 cm³/mol. The molecule has 7 heteroatoms. The highest BCUT2D eigenvalue weighted by Crippen LogP contribution is 2.64. The van der Waals surface area contributed by atoms with Gasteiger partial charge >= 0.3 is 5.97 Å². The normalized spacial score (nSPS) is 29.0. The number of carbonyl (C=O) groups excluding carboxylic acids is 3. The number of nitrogens with zero attached hydrogens (tertiary/aromatic N) is 2. The maximum absolute atomic E-state index is 12.5. The van der Waals surface area contributed by atoms with E-state index < -0.39 is 35.0 Å². The van der Waals surface area contributed by atoms with Crippen LogP contribution in [0.2, 0.25) is 0 Å². The zero-order valence-electron chi connectivity index (χ0n) is 11.6. The molecule has 2 fully saturated rings. The fourth-order valence-corrected chi connectivity index (χ4v) is 3.47. The first-order valence-corrected chi connectivity index (χ1v) is 7.50. The highest BCUT2D eigenvalue weighted by Gasteiger charge is 2.83. The van der Waals surface area contributed by atoms with E-state index in [1.807, 2.05) is 6.07 Å². The smallest absolute Gasteiger partial charge is 0.328 e. The lowest BCUT2D eigenvalue weighted by molar-refractivity contribution is -0.150. The minimum absolute atomic E-state index is 0.0953. The van der Waals surface area contributed by atoms with Crippen LogP contribution in [0.1, 0.15) is 6.92 Å². The fourth-order valence-electron chi connectivity index (χ4n) is 3.01. The molecule has 2 amide bonds. The van der Waals surface area contributed by atoms with Crippen LogP contribution in [0.3, 0.4) is 0 Å². The van der Waals surface area contributed by atoms with E-state index in [1.54, 1.807) is 31.2 Å². The average Bonchev–Trinajstić information content (AvgIpc) is 3.12. The topological polar surface area (TPSA) is 87.5 Å². The summed E-state index contributed by atoms with van der Waals surface area (Å²) in [4.78, 5) is 38.1. The first-order valence-electron chi connectivity index (χ1n) is 6.71. The second kappa shape index (κ2) is 4.92. The predicted octanol–water partition coefficient (Wildman–Crippen LogP) is 1.64. The summed E-state index contributed by atoms with van der Waals surface area (Å²) < 4.78 is 5.46. The number of piperidine rings is 1. The maximum atomic E-state index is 12.5. The Kier molecular flexibility index (Phi) is 3.29. The number of esters is 1. The molecule has 1 unspecified atom stereocenters. The van der Waals surface area contributed by atoms with Gasteiger partial charge in [-0.05, 0) is 35.0 Å². The largest absolute Gasteiger partial charge is 0.465 e. The molecule has 0 bridgehead atoms. The highest BCUT2D eigenvalue weighted by molar-refractivity contribution is 9.10. The van der Waals surface area contributed by atoms with Gasteiger partial charge in [0.25, 0.3) is 0 Å². The molecule has 112 valence electrons. The van der Waals surface area contributed by atoms with Crippen molar-refractivity contribution in [1.82, 2.24) is 0 Å². The number of benzene rings is 1. The number of hydrogen-bond donors (Lipinski definition) is 0. The second-order valence-corrected chi connectivity index (χ2v) is 5.97. The molecule has 1 saturated carbocycles. The Hall–Kier alpha value is -2.20. The number of halogens is 1. The summed E-state index contributed by atoms with van der Waals surface area (Å²) in [5, 5.41) is 9.32. The molecule has 3 atom stereocenters. The molecule has 1 saturated heterocycles. The number of nitriles is 1. The lowest BCUT2D eigenvalue weighted by Gasteiger charge is -2.21. The summed E-state index contributed by atoms with van der Waals surface area (Å²) in [7, 11) is 0. The minimum Gasteiger partial charge on any atom is -0.465 e. The van der Waals surface area contributed by atoms with Crippen LogP contribution in [0.25, 0.3) is 0 Å². The molecule has 1 aromatic rings. The number of amides is 2.